The minimum absolute atomic E-state index is 0.378. The summed E-state index contributed by atoms with van der Waals surface area (Å²) in [5.74, 6) is 1.60. The molecule has 1 aromatic rings. The Kier molecular flexibility index (Phi) is 7.42. The lowest BCUT2D eigenvalue weighted by Gasteiger charge is -2.32. The lowest BCUT2D eigenvalue weighted by atomic mass is 9.78. The van der Waals surface area contributed by atoms with Crippen LogP contribution in [-0.2, 0) is 9.31 Å². The third-order valence-electron chi connectivity index (χ3n) is 5.48. The Morgan fingerprint density at radius 3 is 2.15 bits per heavy atom. The Morgan fingerprint density at radius 1 is 0.923 bits per heavy atom. The van der Waals surface area contributed by atoms with Crippen molar-refractivity contribution in [3.05, 3.63) is 18.2 Å². The molecule has 1 aromatic carbocycles. The molecule has 1 fully saturated rings. The maximum Gasteiger partial charge on any atom is 0.498 e. The van der Waals surface area contributed by atoms with Crippen molar-refractivity contribution in [1.29, 1.82) is 0 Å². The van der Waals surface area contributed by atoms with Crippen molar-refractivity contribution in [2.24, 2.45) is 0 Å². The van der Waals surface area contributed by atoms with Crippen molar-refractivity contribution in [1.82, 2.24) is 0 Å². The molecule has 2 rings (SSSR count). The highest BCUT2D eigenvalue weighted by Crippen LogP contribution is 2.37. The Balaban J connectivity index is 2.01. The zero-order valence-electron chi connectivity index (χ0n) is 17.4. The Hall–Kier alpha value is -1.20. The zero-order valence-corrected chi connectivity index (χ0v) is 17.4. The molecule has 1 saturated heterocycles. The van der Waals surface area contributed by atoms with Gasteiger partial charge in [0, 0.05) is 5.46 Å². The first-order valence-electron chi connectivity index (χ1n) is 9.97. The van der Waals surface area contributed by atoms with Gasteiger partial charge in [-0.1, -0.05) is 39.0 Å². The molecule has 0 atom stereocenters. The molecule has 0 saturated carbocycles. The summed E-state index contributed by atoms with van der Waals surface area (Å²) in [6, 6.07) is 5.83. The average molecular weight is 362 g/mol. The van der Waals surface area contributed by atoms with Gasteiger partial charge in [-0.3, -0.25) is 0 Å². The molecule has 4 nitrogen and oxygen atoms in total. The van der Waals surface area contributed by atoms with Crippen molar-refractivity contribution in [3.8, 4) is 11.5 Å². The smallest absolute Gasteiger partial charge is 0.497 e. The normalized spacial score (nSPS) is 18.2. The van der Waals surface area contributed by atoms with E-state index in [0.29, 0.717) is 6.61 Å². The van der Waals surface area contributed by atoms with Crippen LogP contribution in [0.1, 0.15) is 73.1 Å². The average Bonchev–Trinajstić information content (AvgIpc) is 2.81. The molecule has 0 aromatic heterocycles. The molecule has 5 heteroatoms. The minimum atomic E-state index is -0.449. The van der Waals surface area contributed by atoms with E-state index >= 15 is 0 Å². The van der Waals surface area contributed by atoms with Gasteiger partial charge in [-0.05, 0) is 52.3 Å². The second-order valence-corrected chi connectivity index (χ2v) is 8.11. The molecule has 0 unspecified atom stereocenters. The number of rotatable bonds is 10. The van der Waals surface area contributed by atoms with Gasteiger partial charge < -0.3 is 18.8 Å². The summed E-state index contributed by atoms with van der Waals surface area (Å²) in [6.45, 7) is 11.2. The van der Waals surface area contributed by atoms with Crippen molar-refractivity contribution in [2.45, 2.75) is 84.3 Å². The molecule has 1 heterocycles. The Bertz CT molecular complexity index is 555. The molecule has 0 bridgehead atoms. The molecule has 0 spiro atoms. The van der Waals surface area contributed by atoms with Gasteiger partial charge in [-0.2, -0.15) is 0 Å². The minimum Gasteiger partial charge on any atom is -0.497 e. The summed E-state index contributed by atoms with van der Waals surface area (Å²) < 4.78 is 23.9. The predicted molar refractivity (Wildman–Crippen MR) is 108 cm³/mol. The van der Waals surface area contributed by atoms with Crippen molar-refractivity contribution in [2.75, 3.05) is 13.7 Å². The maximum atomic E-state index is 6.20. The highest BCUT2D eigenvalue weighted by atomic mass is 16.7. The summed E-state index contributed by atoms with van der Waals surface area (Å²) in [4.78, 5) is 0. The van der Waals surface area contributed by atoms with E-state index in [-0.39, 0.29) is 11.2 Å². The van der Waals surface area contributed by atoms with Gasteiger partial charge in [-0.25, -0.2) is 0 Å². The maximum absolute atomic E-state index is 6.20. The van der Waals surface area contributed by atoms with Crippen LogP contribution in [0.3, 0.4) is 0 Å². The fourth-order valence-electron chi connectivity index (χ4n) is 3.00. The van der Waals surface area contributed by atoms with Crippen LogP contribution in [0.4, 0.5) is 0 Å². The summed E-state index contributed by atoms with van der Waals surface area (Å²) >= 11 is 0. The van der Waals surface area contributed by atoms with Gasteiger partial charge in [0.05, 0.1) is 24.9 Å². The van der Waals surface area contributed by atoms with E-state index in [2.05, 4.69) is 34.6 Å². The number of hydrogen-bond acceptors (Lipinski definition) is 4. The van der Waals surface area contributed by atoms with Crippen LogP contribution in [0.5, 0.6) is 11.5 Å². The number of benzene rings is 1. The molecule has 0 radical (unpaired) electrons. The molecule has 0 aliphatic carbocycles. The monoisotopic (exact) mass is 362 g/mol. The topological polar surface area (TPSA) is 36.9 Å². The first kappa shape index (κ1) is 21.1. The van der Waals surface area contributed by atoms with Gasteiger partial charge in [-0.15, -0.1) is 0 Å². The third-order valence-corrected chi connectivity index (χ3v) is 5.48. The quantitative estimate of drug-likeness (QED) is 0.445. The predicted octanol–water partition coefficient (Wildman–Crippen LogP) is 4.73. The van der Waals surface area contributed by atoms with Crippen LogP contribution in [0.2, 0.25) is 0 Å². The zero-order chi connectivity index (χ0) is 19.2. The van der Waals surface area contributed by atoms with Crippen LogP contribution in [0, 0.1) is 0 Å². The fourth-order valence-corrected chi connectivity index (χ4v) is 3.00. The molecular weight excluding hydrogens is 327 g/mol. The summed E-state index contributed by atoms with van der Waals surface area (Å²) in [6.07, 6.45) is 7.48. The largest absolute Gasteiger partial charge is 0.498 e. The van der Waals surface area contributed by atoms with Gasteiger partial charge in [0.2, 0.25) is 0 Å². The van der Waals surface area contributed by atoms with Gasteiger partial charge in [0.25, 0.3) is 0 Å². The van der Waals surface area contributed by atoms with Crippen molar-refractivity contribution in [3.63, 3.8) is 0 Å². The summed E-state index contributed by atoms with van der Waals surface area (Å²) in [5.41, 5.74) is 0.142. The Labute approximate surface area is 159 Å². The van der Waals surface area contributed by atoms with E-state index in [9.17, 15) is 0 Å². The summed E-state index contributed by atoms with van der Waals surface area (Å²) in [7, 11) is 1.22. The highest BCUT2D eigenvalue weighted by Gasteiger charge is 2.52. The lowest BCUT2D eigenvalue weighted by Crippen LogP contribution is -2.41. The summed E-state index contributed by atoms with van der Waals surface area (Å²) in [5, 5.41) is 0. The van der Waals surface area contributed by atoms with Crippen molar-refractivity contribution >= 4 is 12.6 Å². The number of hydrogen-bond donors (Lipinski definition) is 0. The fraction of sp³-hybridized carbons (Fsp3) is 0.714. The molecule has 146 valence electrons. The van der Waals surface area contributed by atoms with E-state index in [1.54, 1.807) is 7.11 Å². The van der Waals surface area contributed by atoms with Crippen LogP contribution in [0.15, 0.2) is 18.2 Å². The van der Waals surface area contributed by atoms with Crippen LogP contribution in [-0.4, -0.2) is 32.0 Å². The van der Waals surface area contributed by atoms with E-state index in [4.69, 9.17) is 18.8 Å². The third kappa shape index (κ3) is 5.17. The van der Waals surface area contributed by atoms with Crippen LogP contribution < -0.4 is 14.9 Å². The van der Waals surface area contributed by atoms with Crippen LogP contribution >= 0.6 is 0 Å². The second-order valence-electron chi connectivity index (χ2n) is 8.11. The van der Waals surface area contributed by atoms with Gasteiger partial charge in [0.1, 0.15) is 11.5 Å². The highest BCUT2D eigenvalue weighted by molar-refractivity contribution is 6.63. The first-order valence-corrected chi connectivity index (χ1v) is 9.97. The molecule has 1 aliphatic rings. The molecule has 0 amide bonds. The van der Waals surface area contributed by atoms with E-state index in [0.717, 1.165) is 23.4 Å². The lowest BCUT2D eigenvalue weighted by molar-refractivity contribution is 0.00578. The first-order chi connectivity index (χ1) is 12.3. The van der Waals surface area contributed by atoms with E-state index < -0.39 is 7.12 Å². The van der Waals surface area contributed by atoms with Crippen molar-refractivity contribution < 1.29 is 18.8 Å². The molecule has 26 heavy (non-hydrogen) atoms. The SMILES string of the molecule is CCCCCCCCOc1ccc(OC)cc1B1OC(C)(C)C(C)(C)O1. The second kappa shape index (κ2) is 9.14. The Morgan fingerprint density at radius 2 is 1.54 bits per heavy atom. The molecular formula is C21H35BO4. The van der Waals surface area contributed by atoms with Gasteiger partial charge >= 0.3 is 7.12 Å². The van der Waals surface area contributed by atoms with E-state index in [1.807, 2.05) is 18.2 Å². The van der Waals surface area contributed by atoms with Gasteiger partial charge in [0.15, 0.2) is 0 Å². The number of methoxy groups -OCH3 is 1. The molecule has 1 aliphatic heterocycles. The number of unbranched alkanes of at least 4 members (excludes halogenated alkanes) is 5. The van der Waals surface area contributed by atoms with E-state index in [1.165, 1.54) is 32.1 Å². The van der Waals surface area contributed by atoms with Crippen LogP contribution in [0.25, 0.3) is 0 Å². The standard InChI is InChI=1S/C21H35BO4/c1-7-8-9-10-11-12-15-24-19-14-13-17(23-6)16-18(19)22-25-20(2,3)21(4,5)26-22/h13-14,16H,7-12,15H2,1-6H3. The molecule has 0 N–H and O–H groups in total. The number of ether oxygens (including phenoxy) is 2.